The number of aryl methyl sites for hydroxylation is 1. The molecule has 0 atom stereocenters. The third-order valence-corrected chi connectivity index (χ3v) is 4.06. The van der Waals surface area contributed by atoms with Crippen molar-refractivity contribution in [2.45, 2.75) is 32.4 Å². The van der Waals surface area contributed by atoms with E-state index in [4.69, 9.17) is 0 Å². The van der Waals surface area contributed by atoms with E-state index in [0.29, 0.717) is 12.1 Å². The molecule has 0 bridgehead atoms. The van der Waals surface area contributed by atoms with Crippen molar-refractivity contribution >= 4 is 17.4 Å². The van der Waals surface area contributed by atoms with E-state index in [0.717, 1.165) is 24.6 Å². The van der Waals surface area contributed by atoms with Gasteiger partial charge in [-0.3, -0.25) is 15.1 Å². The lowest BCUT2D eigenvalue weighted by atomic mass is 10.2. The first kappa shape index (κ1) is 16.8. The molecule has 1 heterocycles. The molecular weight excluding hydrogens is 327 g/mol. The number of urea groups is 1. The molecule has 0 spiro atoms. The van der Waals surface area contributed by atoms with Crippen molar-refractivity contribution in [3.8, 4) is 0 Å². The summed E-state index contributed by atoms with van der Waals surface area (Å²) in [5.74, 6) is -0.339. The van der Waals surface area contributed by atoms with Crippen LogP contribution in [0.4, 0.5) is 20.6 Å². The second kappa shape index (κ2) is 6.84. The lowest BCUT2D eigenvalue weighted by molar-refractivity contribution is -0.384. The molecule has 3 rings (SSSR count). The topological polar surface area (TPSA) is 88.4 Å². The summed E-state index contributed by atoms with van der Waals surface area (Å²) >= 11 is 0. The third-order valence-electron chi connectivity index (χ3n) is 4.06. The number of hydrogen-bond donors (Lipinski definition) is 1. The van der Waals surface area contributed by atoms with E-state index in [1.165, 1.54) is 18.3 Å². The number of aromatic nitrogens is 1. The maximum absolute atomic E-state index is 13.0. The Morgan fingerprint density at radius 1 is 1.36 bits per heavy atom. The number of carbonyl (C=O) groups excluding carboxylic acids is 1. The minimum absolute atomic E-state index is 0.0891. The second-order valence-corrected chi connectivity index (χ2v) is 6.02. The van der Waals surface area contributed by atoms with Gasteiger partial charge in [-0.1, -0.05) is 12.1 Å². The van der Waals surface area contributed by atoms with E-state index in [1.807, 2.05) is 0 Å². The molecule has 0 unspecified atom stereocenters. The largest absolute Gasteiger partial charge is 0.322 e. The molecule has 2 amide bonds. The van der Waals surface area contributed by atoms with Crippen LogP contribution < -0.4 is 5.32 Å². The quantitative estimate of drug-likeness (QED) is 0.662. The van der Waals surface area contributed by atoms with Crippen LogP contribution in [0, 0.1) is 22.9 Å². The molecule has 130 valence electrons. The lowest BCUT2D eigenvalue weighted by Crippen LogP contribution is -2.36. The number of nitro groups is 1. The SMILES string of the molecule is Cc1cncc([N+](=O)[O-])c1NC(=O)N(Cc1ccc(F)cc1)C1CC1. The van der Waals surface area contributed by atoms with E-state index >= 15 is 0 Å². The zero-order chi connectivity index (χ0) is 18.0. The molecule has 1 saturated carbocycles. The highest BCUT2D eigenvalue weighted by molar-refractivity contribution is 5.93. The Morgan fingerprint density at radius 3 is 2.64 bits per heavy atom. The van der Waals surface area contributed by atoms with Crippen LogP contribution in [0.3, 0.4) is 0 Å². The highest BCUT2D eigenvalue weighted by Gasteiger charge is 2.33. The van der Waals surface area contributed by atoms with Gasteiger partial charge in [-0.15, -0.1) is 0 Å². The smallest absolute Gasteiger partial charge is 0.317 e. The number of nitrogens with zero attached hydrogens (tertiary/aromatic N) is 3. The molecule has 1 fully saturated rings. The van der Waals surface area contributed by atoms with E-state index in [-0.39, 0.29) is 23.2 Å². The average molecular weight is 344 g/mol. The predicted molar refractivity (Wildman–Crippen MR) is 89.6 cm³/mol. The number of nitrogens with one attached hydrogen (secondary N) is 1. The van der Waals surface area contributed by atoms with Crippen LogP contribution in [-0.2, 0) is 6.54 Å². The molecule has 25 heavy (non-hydrogen) atoms. The van der Waals surface area contributed by atoms with Gasteiger partial charge in [0, 0.05) is 18.8 Å². The van der Waals surface area contributed by atoms with Crippen molar-refractivity contribution in [3.63, 3.8) is 0 Å². The van der Waals surface area contributed by atoms with Crippen molar-refractivity contribution in [1.82, 2.24) is 9.88 Å². The van der Waals surface area contributed by atoms with Gasteiger partial charge in [0.15, 0.2) is 0 Å². The third kappa shape index (κ3) is 3.90. The van der Waals surface area contributed by atoms with Gasteiger partial charge < -0.3 is 10.2 Å². The highest BCUT2D eigenvalue weighted by Crippen LogP contribution is 2.31. The number of benzene rings is 1. The van der Waals surface area contributed by atoms with E-state index < -0.39 is 11.0 Å². The van der Waals surface area contributed by atoms with Gasteiger partial charge in [-0.05, 0) is 43.0 Å². The van der Waals surface area contributed by atoms with Crippen molar-refractivity contribution in [3.05, 3.63) is 63.7 Å². The fourth-order valence-corrected chi connectivity index (χ4v) is 2.57. The maximum Gasteiger partial charge on any atom is 0.322 e. The maximum atomic E-state index is 13.0. The molecular formula is C17H17FN4O3. The summed E-state index contributed by atoms with van der Waals surface area (Å²) in [6, 6.07) is 5.61. The minimum Gasteiger partial charge on any atom is -0.317 e. The van der Waals surface area contributed by atoms with Crippen molar-refractivity contribution in [2.24, 2.45) is 0 Å². The van der Waals surface area contributed by atoms with E-state index in [2.05, 4.69) is 10.3 Å². The first-order valence-electron chi connectivity index (χ1n) is 7.87. The number of halogens is 1. The molecule has 0 radical (unpaired) electrons. The van der Waals surface area contributed by atoms with Crippen LogP contribution in [-0.4, -0.2) is 26.9 Å². The van der Waals surface area contributed by atoms with Crippen LogP contribution in [0.15, 0.2) is 36.7 Å². The van der Waals surface area contributed by atoms with E-state index in [9.17, 15) is 19.3 Å². The van der Waals surface area contributed by atoms with Gasteiger partial charge in [0.05, 0.1) is 4.92 Å². The van der Waals surface area contributed by atoms with Crippen molar-refractivity contribution in [1.29, 1.82) is 0 Å². The molecule has 2 aromatic rings. The molecule has 8 heteroatoms. The van der Waals surface area contributed by atoms with Crippen LogP contribution in [0.5, 0.6) is 0 Å². The Morgan fingerprint density at radius 2 is 2.04 bits per heavy atom. The highest BCUT2D eigenvalue weighted by atomic mass is 19.1. The normalized spacial score (nSPS) is 13.4. The van der Waals surface area contributed by atoms with Gasteiger partial charge >= 0.3 is 11.7 Å². The molecule has 1 aliphatic rings. The number of hydrogen-bond acceptors (Lipinski definition) is 4. The van der Waals surface area contributed by atoms with Gasteiger partial charge in [-0.25, -0.2) is 9.18 Å². The van der Waals surface area contributed by atoms with Gasteiger partial charge in [-0.2, -0.15) is 0 Å². The average Bonchev–Trinajstić information content (AvgIpc) is 3.40. The van der Waals surface area contributed by atoms with Crippen LogP contribution in [0.1, 0.15) is 24.0 Å². The standard InChI is InChI=1S/C17H17FN4O3/c1-11-8-19-9-15(22(24)25)16(11)20-17(23)21(14-6-7-14)10-12-2-4-13(18)5-3-12/h2-5,8-9,14H,6-7,10H2,1H3,(H,19,20,23). The molecule has 1 aromatic heterocycles. The predicted octanol–water partition coefficient (Wildman–Crippen LogP) is 3.63. The first-order valence-corrected chi connectivity index (χ1v) is 7.87. The number of amides is 2. The summed E-state index contributed by atoms with van der Waals surface area (Å²) < 4.78 is 13.0. The van der Waals surface area contributed by atoms with Crippen molar-refractivity contribution in [2.75, 3.05) is 5.32 Å². The Hall–Kier alpha value is -3.03. The summed E-state index contributed by atoms with van der Waals surface area (Å²) in [6.45, 7) is 1.96. The van der Waals surface area contributed by atoms with Crippen molar-refractivity contribution < 1.29 is 14.1 Å². The van der Waals surface area contributed by atoms with Gasteiger partial charge in [0.1, 0.15) is 17.7 Å². The number of pyridine rings is 1. The summed E-state index contributed by atoms with van der Waals surface area (Å²) in [7, 11) is 0. The summed E-state index contributed by atoms with van der Waals surface area (Å²) in [4.78, 5) is 28.7. The Kier molecular flexibility index (Phi) is 4.60. The second-order valence-electron chi connectivity index (χ2n) is 6.02. The molecule has 7 nitrogen and oxygen atoms in total. The number of anilines is 1. The Balaban J connectivity index is 1.80. The fraction of sp³-hybridized carbons (Fsp3) is 0.294. The molecule has 1 aromatic carbocycles. The minimum atomic E-state index is -0.572. The van der Waals surface area contributed by atoms with Crippen LogP contribution in [0.25, 0.3) is 0 Å². The summed E-state index contributed by atoms with van der Waals surface area (Å²) in [5, 5.41) is 13.8. The van der Waals surface area contributed by atoms with Crippen LogP contribution >= 0.6 is 0 Å². The summed E-state index contributed by atoms with van der Waals surface area (Å²) in [5.41, 5.74) is 1.21. The number of carbonyl (C=O) groups is 1. The monoisotopic (exact) mass is 344 g/mol. The zero-order valence-corrected chi connectivity index (χ0v) is 13.6. The molecule has 1 N–H and O–H groups in total. The van der Waals surface area contributed by atoms with Gasteiger partial charge in [0.25, 0.3) is 0 Å². The molecule has 0 aliphatic heterocycles. The van der Waals surface area contributed by atoms with Gasteiger partial charge in [0.2, 0.25) is 0 Å². The first-order chi connectivity index (χ1) is 12.0. The van der Waals surface area contributed by atoms with E-state index in [1.54, 1.807) is 24.0 Å². The zero-order valence-electron chi connectivity index (χ0n) is 13.6. The summed E-state index contributed by atoms with van der Waals surface area (Å²) in [6.07, 6.45) is 4.34. The molecule has 0 saturated heterocycles. The fourth-order valence-electron chi connectivity index (χ4n) is 2.57. The number of rotatable bonds is 5. The molecule has 1 aliphatic carbocycles. The Labute approximate surface area is 143 Å². The lowest BCUT2D eigenvalue weighted by Gasteiger charge is -2.23. The Bertz CT molecular complexity index is 806. The van der Waals surface area contributed by atoms with Crippen LogP contribution in [0.2, 0.25) is 0 Å².